The third kappa shape index (κ3) is 1.11. The lowest BCUT2D eigenvalue weighted by molar-refractivity contribution is 0.0948. The maximum atomic E-state index is 10.4. The highest BCUT2D eigenvalue weighted by atomic mass is 16.6. The maximum absolute atomic E-state index is 10.4. The number of hydrogen-bond donors (Lipinski definition) is 2. The fourth-order valence-electron chi connectivity index (χ4n) is 0.636. The van der Waals surface area contributed by atoms with E-state index in [4.69, 9.17) is 10.9 Å². The Bertz CT molecular complexity index is 127. The van der Waals surface area contributed by atoms with Crippen molar-refractivity contribution in [2.24, 2.45) is 5.84 Å². The molecule has 1 atom stereocenters. The molecule has 3 N–H and O–H groups in total. The molecule has 0 saturated carbocycles. The van der Waals surface area contributed by atoms with Crippen LogP contribution in [-0.4, -0.2) is 35.5 Å². The summed E-state index contributed by atoms with van der Waals surface area (Å²) in [6.45, 7) is 0.106. The number of nitrogens with zero attached hydrogens (tertiary/aromatic N) is 1. The zero-order valence-electron chi connectivity index (χ0n) is 4.78. The summed E-state index contributed by atoms with van der Waals surface area (Å²) in [6, 6.07) is 0. The maximum Gasteiger partial charge on any atom is 0.424 e. The van der Waals surface area contributed by atoms with Crippen molar-refractivity contribution >= 4 is 6.09 Å². The third-order valence-electron chi connectivity index (χ3n) is 1.11. The molecule has 0 spiro atoms. The molecular formula is C4H8N2O3. The van der Waals surface area contributed by atoms with E-state index in [0.717, 1.165) is 5.01 Å². The van der Waals surface area contributed by atoms with Gasteiger partial charge in [0.1, 0.15) is 6.10 Å². The van der Waals surface area contributed by atoms with E-state index in [1.807, 2.05) is 0 Å². The molecule has 0 aromatic carbocycles. The van der Waals surface area contributed by atoms with Gasteiger partial charge in [0.2, 0.25) is 0 Å². The zero-order chi connectivity index (χ0) is 6.85. The zero-order valence-corrected chi connectivity index (χ0v) is 4.78. The van der Waals surface area contributed by atoms with Gasteiger partial charge in [-0.2, -0.15) is 0 Å². The van der Waals surface area contributed by atoms with Crippen LogP contribution < -0.4 is 5.84 Å². The number of carbonyl (C=O) groups is 1. The normalized spacial score (nSPS) is 26.7. The Morgan fingerprint density at radius 1 is 2.00 bits per heavy atom. The molecule has 0 aromatic heterocycles. The molecule has 1 aliphatic heterocycles. The van der Waals surface area contributed by atoms with Crippen LogP contribution in [0.25, 0.3) is 0 Å². The number of rotatable bonds is 1. The van der Waals surface area contributed by atoms with Crippen molar-refractivity contribution in [3.05, 3.63) is 0 Å². The highest BCUT2D eigenvalue weighted by Crippen LogP contribution is 2.04. The van der Waals surface area contributed by atoms with E-state index in [1.54, 1.807) is 0 Å². The van der Waals surface area contributed by atoms with Gasteiger partial charge in [-0.1, -0.05) is 0 Å². The highest BCUT2D eigenvalue weighted by molar-refractivity contribution is 5.68. The molecular weight excluding hydrogens is 124 g/mol. The Kier molecular flexibility index (Phi) is 1.54. The van der Waals surface area contributed by atoms with Gasteiger partial charge >= 0.3 is 6.09 Å². The van der Waals surface area contributed by atoms with E-state index in [1.165, 1.54) is 0 Å². The Hall–Kier alpha value is -0.810. The number of hydrazine groups is 1. The van der Waals surface area contributed by atoms with Crippen LogP contribution >= 0.6 is 0 Å². The fraction of sp³-hybridized carbons (Fsp3) is 0.750. The van der Waals surface area contributed by atoms with Crippen LogP contribution in [0.3, 0.4) is 0 Å². The monoisotopic (exact) mass is 132 g/mol. The minimum absolute atomic E-state index is 0.167. The van der Waals surface area contributed by atoms with Crippen LogP contribution in [0, 0.1) is 0 Å². The number of ether oxygens (including phenoxy) is 1. The Labute approximate surface area is 52.0 Å². The van der Waals surface area contributed by atoms with Crippen LogP contribution in [0.4, 0.5) is 4.79 Å². The second-order valence-electron chi connectivity index (χ2n) is 1.84. The van der Waals surface area contributed by atoms with Crippen molar-refractivity contribution in [3.8, 4) is 0 Å². The molecule has 0 aromatic rings. The number of cyclic esters (lactones) is 1. The van der Waals surface area contributed by atoms with E-state index in [9.17, 15) is 4.79 Å². The summed E-state index contributed by atoms with van der Waals surface area (Å²) in [5.74, 6) is 5.09. The summed E-state index contributed by atoms with van der Waals surface area (Å²) in [5.41, 5.74) is 0. The Morgan fingerprint density at radius 2 is 2.67 bits per heavy atom. The first kappa shape index (κ1) is 6.31. The van der Waals surface area contributed by atoms with Gasteiger partial charge in [0.25, 0.3) is 0 Å². The Balaban J connectivity index is 2.44. The summed E-state index contributed by atoms with van der Waals surface area (Å²) in [5, 5.41) is 9.37. The van der Waals surface area contributed by atoms with E-state index >= 15 is 0 Å². The summed E-state index contributed by atoms with van der Waals surface area (Å²) in [7, 11) is 0. The van der Waals surface area contributed by atoms with Crippen LogP contribution in [0.15, 0.2) is 0 Å². The average molecular weight is 132 g/mol. The molecule has 1 saturated heterocycles. The van der Waals surface area contributed by atoms with Gasteiger partial charge in [0, 0.05) is 0 Å². The third-order valence-corrected chi connectivity index (χ3v) is 1.11. The van der Waals surface area contributed by atoms with Crippen LogP contribution in [0.5, 0.6) is 0 Å². The quantitative estimate of drug-likeness (QED) is 0.342. The fourth-order valence-corrected chi connectivity index (χ4v) is 0.636. The molecule has 1 rings (SSSR count). The van der Waals surface area contributed by atoms with E-state index in [0.29, 0.717) is 0 Å². The molecule has 5 heteroatoms. The van der Waals surface area contributed by atoms with Crippen LogP contribution in [0.1, 0.15) is 0 Å². The summed E-state index contributed by atoms with van der Waals surface area (Å²) in [4.78, 5) is 10.4. The van der Waals surface area contributed by atoms with Crippen molar-refractivity contribution in [1.82, 2.24) is 5.01 Å². The molecule has 52 valence electrons. The molecule has 1 aliphatic rings. The van der Waals surface area contributed by atoms with E-state index in [-0.39, 0.29) is 13.2 Å². The lowest BCUT2D eigenvalue weighted by Gasteiger charge is -2.00. The van der Waals surface area contributed by atoms with Gasteiger partial charge < -0.3 is 9.84 Å². The first-order chi connectivity index (χ1) is 4.24. The van der Waals surface area contributed by atoms with Crippen molar-refractivity contribution < 1.29 is 14.6 Å². The summed E-state index contributed by atoms with van der Waals surface area (Å²) in [6.07, 6.45) is -1.02. The number of nitrogens with two attached hydrogens (primary N) is 1. The molecule has 1 fully saturated rings. The van der Waals surface area contributed by atoms with Crippen LogP contribution in [-0.2, 0) is 4.74 Å². The van der Waals surface area contributed by atoms with E-state index in [2.05, 4.69) is 4.74 Å². The predicted molar refractivity (Wildman–Crippen MR) is 28.2 cm³/mol. The smallest absolute Gasteiger partial charge is 0.424 e. The molecule has 0 radical (unpaired) electrons. The highest BCUT2D eigenvalue weighted by Gasteiger charge is 2.27. The average Bonchev–Trinajstić information content (AvgIpc) is 2.13. The van der Waals surface area contributed by atoms with Crippen molar-refractivity contribution in [3.63, 3.8) is 0 Å². The van der Waals surface area contributed by atoms with Crippen LogP contribution in [0.2, 0.25) is 0 Å². The SMILES string of the molecule is NN1C[C@H](CO)OC1=O. The van der Waals surface area contributed by atoms with Crippen molar-refractivity contribution in [2.45, 2.75) is 6.10 Å². The minimum atomic E-state index is -0.575. The van der Waals surface area contributed by atoms with Gasteiger partial charge in [0.05, 0.1) is 13.2 Å². The molecule has 1 heterocycles. The molecule has 1 amide bonds. The number of aliphatic hydroxyl groups excluding tert-OH is 1. The minimum Gasteiger partial charge on any atom is -0.441 e. The topological polar surface area (TPSA) is 75.8 Å². The number of aliphatic hydroxyl groups is 1. The molecule has 9 heavy (non-hydrogen) atoms. The standard InChI is InChI=1S/C4H8N2O3/c5-6-1-3(2-7)9-4(6)8/h3,7H,1-2,5H2/t3-/m1/s1. The van der Waals surface area contributed by atoms with Gasteiger partial charge in [-0.05, 0) is 0 Å². The number of amides is 1. The molecule has 0 aliphatic carbocycles. The van der Waals surface area contributed by atoms with E-state index < -0.39 is 12.2 Å². The van der Waals surface area contributed by atoms with Crippen molar-refractivity contribution in [2.75, 3.05) is 13.2 Å². The Morgan fingerprint density at radius 3 is 2.89 bits per heavy atom. The largest absolute Gasteiger partial charge is 0.441 e. The second-order valence-corrected chi connectivity index (χ2v) is 1.84. The predicted octanol–water partition coefficient (Wildman–Crippen LogP) is -1.33. The van der Waals surface area contributed by atoms with Crippen molar-refractivity contribution in [1.29, 1.82) is 0 Å². The summed E-state index contributed by atoms with van der Waals surface area (Å²) < 4.78 is 4.53. The first-order valence-electron chi connectivity index (χ1n) is 2.57. The van der Waals surface area contributed by atoms with Gasteiger partial charge in [0.15, 0.2) is 0 Å². The first-order valence-corrected chi connectivity index (χ1v) is 2.57. The second kappa shape index (κ2) is 2.20. The molecule has 0 unspecified atom stereocenters. The molecule has 5 nitrogen and oxygen atoms in total. The van der Waals surface area contributed by atoms with Gasteiger partial charge in [-0.25, -0.2) is 15.6 Å². The lowest BCUT2D eigenvalue weighted by atomic mass is 10.4. The number of hydrogen-bond acceptors (Lipinski definition) is 4. The number of carbonyl (C=O) groups excluding carboxylic acids is 1. The van der Waals surface area contributed by atoms with Gasteiger partial charge in [-0.3, -0.25) is 0 Å². The van der Waals surface area contributed by atoms with Gasteiger partial charge in [-0.15, -0.1) is 0 Å². The lowest BCUT2D eigenvalue weighted by Crippen LogP contribution is -2.32. The summed E-state index contributed by atoms with van der Waals surface area (Å²) >= 11 is 0. The molecule has 0 bridgehead atoms.